The molecule has 6 heteroatoms. The predicted octanol–water partition coefficient (Wildman–Crippen LogP) is 3.72. The summed E-state index contributed by atoms with van der Waals surface area (Å²) in [4.78, 5) is 23.8. The van der Waals surface area contributed by atoms with Crippen molar-refractivity contribution >= 4 is 29.1 Å². The van der Waals surface area contributed by atoms with Gasteiger partial charge in [0.25, 0.3) is 5.91 Å². The lowest BCUT2D eigenvalue weighted by Crippen LogP contribution is -2.19. The van der Waals surface area contributed by atoms with Crippen LogP contribution >= 0.6 is 11.6 Å². The fourth-order valence-electron chi connectivity index (χ4n) is 2.41. The highest BCUT2D eigenvalue weighted by molar-refractivity contribution is 6.34. The molecule has 0 unspecified atom stereocenters. The number of rotatable bonds is 6. The van der Waals surface area contributed by atoms with E-state index >= 15 is 0 Å². The Bertz CT molecular complexity index is 770. The van der Waals surface area contributed by atoms with Crippen molar-refractivity contribution in [3.8, 4) is 5.75 Å². The molecule has 0 saturated heterocycles. The van der Waals surface area contributed by atoms with Crippen molar-refractivity contribution in [1.29, 1.82) is 0 Å². The minimum atomic E-state index is -0.306. The monoisotopic (exact) mass is 360 g/mol. The fourth-order valence-corrected chi connectivity index (χ4v) is 2.62. The van der Waals surface area contributed by atoms with Crippen LogP contribution in [-0.2, 0) is 4.79 Å². The minimum Gasteiger partial charge on any atom is -0.493 e. The van der Waals surface area contributed by atoms with Gasteiger partial charge in [-0.15, -0.1) is 0 Å². The zero-order valence-electron chi connectivity index (χ0n) is 14.5. The molecule has 5 nitrogen and oxygen atoms in total. The number of hydrogen-bond acceptors (Lipinski definition) is 3. The zero-order chi connectivity index (χ0) is 18.4. The normalized spacial score (nSPS) is 10.2. The van der Waals surface area contributed by atoms with Gasteiger partial charge in [-0.3, -0.25) is 9.59 Å². The van der Waals surface area contributed by atoms with Gasteiger partial charge >= 0.3 is 0 Å². The summed E-state index contributed by atoms with van der Waals surface area (Å²) in [7, 11) is 1.52. The van der Waals surface area contributed by atoms with Crippen LogP contribution in [0.5, 0.6) is 5.75 Å². The van der Waals surface area contributed by atoms with Gasteiger partial charge < -0.3 is 15.4 Å². The Balaban J connectivity index is 1.91. The molecule has 2 N–H and O–H groups in total. The maximum absolute atomic E-state index is 12.0. The Kier molecular flexibility index (Phi) is 6.42. The molecule has 0 aliphatic rings. The SMILES string of the molecule is CNC(=O)c1cc(NC(=O)CCOc2cc(C)cc(C)c2)ccc1Cl. The number of amides is 2. The van der Waals surface area contributed by atoms with E-state index < -0.39 is 0 Å². The summed E-state index contributed by atoms with van der Waals surface area (Å²) in [5.41, 5.74) is 3.05. The Morgan fingerprint density at radius 3 is 2.40 bits per heavy atom. The zero-order valence-corrected chi connectivity index (χ0v) is 15.2. The average Bonchev–Trinajstić information content (AvgIpc) is 2.55. The molecular formula is C19H21ClN2O3. The fraction of sp³-hybridized carbons (Fsp3) is 0.263. The maximum Gasteiger partial charge on any atom is 0.252 e. The molecule has 0 atom stereocenters. The summed E-state index contributed by atoms with van der Waals surface area (Å²) in [6.07, 6.45) is 0.199. The number of anilines is 1. The third-order valence-electron chi connectivity index (χ3n) is 3.51. The van der Waals surface area contributed by atoms with Gasteiger partial charge in [-0.25, -0.2) is 0 Å². The second-order valence-electron chi connectivity index (χ2n) is 5.74. The van der Waals surface area contributed by atoms with Gasteiger partial charge in [0.05, 0.1) is 23.6 Å². The number of benzene rings is 2. The third kappa shape index (κ3) is 5.50. The van der Waals surface area contributed by atoms with Gasteiger partial charge in [0, 0.05) is 12.7 Å². The molecule has 2 amide bonds. The van der Waals surface area contributed by atoms with E-state index in [1.165, 1.54) is 7.05 Å². The van der Waals surface area contributed by atoms with Crippen LogP contribution in [0.15, 0.2) is 36.4 Å². The molecule has 0 aliphatic heterocycles. The van der Waals surface area contributed by atoms with Crippen LogP contribution in [0.25, 0.3) is 0 Å². The Morgan fingerprint density at radius 1 is 1.08 bits per heavy atom. The molecular weight excluding hydrogens is 340 g/mol. The summed E-state index contributed by atoms with van der Waals surface area (Å²) in [6.45, 7) is 4.26. The summed E-state index contributed by atoms with van der Waals surface area (Å²) < 4.78 is 5.63. The van der Waals surface area contributed by atoms with Gasteiger partial charge in [0.2, 0.25) is 5.91 Å². The Labute approximate surface area is 152 Å². The molecule has 0 bridgehead atoms. The summed E-state index contributed by atoms with van der Waals surface area (Å²) in [5.74, 6) is 0.243. The molecule has 0 saturated carbocycles. The number of aryl methyl sites for hydroxylation is 2. The quantitative estimate of drug-likeness (QED) is 0.824. The molecule has 0 heterocycles. The molecule has 2 aromatic rings. The van der Waals surface area contributed by atoms with Gasteiger partial charge in [0.15, 0.2) is 0 Å². The summed E-state index contributed by atoms with van der Waals surface area (Å²) in [5, 5.41) is 5.58. The van der Waals surface area contributed by atoms with Crippen molar-refractivity contribution in [2.45, 2.75) is 20.3 Å². The molecule has 0 spiro atoms. The largest absolute Gasteiger partial charge is 0.493 e. The molecule has 0 radical (unpaired) electrons. The van der Waals surface area contributed by atoms with Crippen LogP contribution in [0.1, 0.15) is 27.9 Å². The van der Waals surface area contributed by atoms with E-state index in [1.54, 1.807) is 18.2 Å². The van der Waals surface area contributed by atoms with Crippen LogP contribution in [0.4, 0.5) is 5.69 Å². The van der Waals surface area contributed by atoms with Gasteiger partial charge in [-0.05, 0) is 55.3 Å². The number of nitrogens with one attached hydrogen (secondary N) is 2. The molecule has 25 heavy (non-hydrogen) atoms. The lowest BCUT2D eigenvalue weighted by atomic mass is 10.1. The number of carbonyl (C=O) groups excluding carboxylic acids is 2. The first-order chi connectivity index (χ1) is 11.9. The van der Waals surface area contributed by atoms with Crippen molar-refractivity contribution in [2.24, 2.45) is 0 Å². The van der Waals surface area contributed by atoms with Crippen molar-refractivity contribution in [1.82, 2.24) is 5.32 Å². The van der Waals surface area contributed by atoms with Crippen LogP contribution in [0.2, 0.25) is 5.02 Å². The number of ether oxygens (including phenoxy) is 1. The molecule has 132 valence electrons. The highest BCUT2D eigenvalue weighted by Gasteiger charge is 2.11. The molecule has 2 aromatic carbocycles. The highest BCUT2D eigenvalue weighted by Crippen LogP contribution is 2.21. The van der Waals surface area contributed by atoms with Crippen molar-refractivity contribution in [3.63, 3.8) is 0 Å². The van der Waals surface area contributed by atoms with Crippen LogP contribution < -0.4 is 15.4 Å². The average molecular weight is 361 g/mol. The highest BCUT2D eigenvalue weighted by atomic mass is 35.5. The lowest BCUT2D eigenvalue weighted by molar-refractivity contribution is -0.116. The molecule has 0 fully saturated rings. The van der Waals surface area contributed by atoms with E-state index in [1.807, 2.05) is 26.0 Å². The van der Waals surface area contributed by atoms with E-state index in [0.29, 0.717) is 16.3 Å². The Hall–Kier alpha value is -2.53. The van der Waals surface area contributed by atoms with Crippen molar-refractivity contribution in [2.75, 3.05) is 19.0 Å². The van der Waals surface area contributed by atoms with E-state index in [2.05, 4.69) is 16.7 Å². The number of carbonyl (C=O) groups is 2. The topological polar surface area (TPSA) is 67.4 Å². The lowest BCUT2D eigenvalue weighted by Gasteiger charge is -2.10. The van der Waals surface area contributed by atoms with Crippen LogP contribution in [0, 0.1) is 13.8 Å². The predicted molar refractivity (Wildman–Crippen MR) is 99.5 cm³/mol. The van der Waals surface area contributed by atoms with Crippen molar-refractivity contribution in [3.05, 3.63) is 58.1 Å². The molecule has 2 rings (SSSR count). The van der Waals surface area contributed by atoms with Crippen molar-refractivity contribution < 1.29 is 14.3 Å². The van der Waals surface area contributed by atoms with Gasteiger partial charge in [-0.1, -0.05) is 17.7 Å². The number of hydrogen-bond donors (Lipinski definition) is 2. The van der Waals surface area contributed by atoms with Crippen LogP contribution in [-0.4, -0.2) is 25.5 Å². The van der Waals surface area contributed by atoms with E-state index in [9.17, 15) is 9.59 Å². The van der Waals surface area contributed by atoms with E-state index in [-0.39, 0.29) is 24.8 Å². The summed E-state index contributed by atoms with van der Waals surface area (Å²) >= 11 is 5.99. The van der Waals surface area contributed by atoms with Gasteiger partial charge in [-0.2, -0.15) is 0 Å². The molecule has 0 aromatic heterocycles. The molecule has 0 aliphatic carbocycles. The second-order valence-corrected chi connectivity index (χ2v) is 6.15. The first-order valence-corrected chi connectivity index (χ1v) is 8.29. The third-order valence-corrected chi connectivity index (χ3v) is 3.84. The number of halogens is 1. The smallest absolute Gasteiger partial charge is 0.252 e. The van der Waals surface area contributed by atoms with E-state index in [0.717, 1.165) is 16.9 Å². The second kappa shape index (κ2) is 8.53. The van der Waals surface area contributed by atoms with Crippen LogP contribution in [0.3, 0.4) is 0 Å². The first kappa shape index (κ1) is 18.8. The maximum atomic E-state index is 12.0. The van der Waals surface area contributed by atoms with Gasteiger partial charge in [0.1, 0.15) is 5.75 Å². The standard InChI is InChI=1S/C19H21ClN2O3/c1-12-8-13(2)10-15(9-12)25-7-6-18(23)22-14-4-5-17(20)16(11-14)19(24)21-3/h4-5,8-11H,6-7H2,1-3H3,(H,21,24)(H,22,23). The first-order valence-electron chi connectivity index (χ1n) is 7.91. The minimum absolute atomic E-state index is 0.199. The summed E-state index contributed by atoms with van der Waals surface area (Å²) in [6, 6.07) is 10.7. The van der Waals surface area contributed by atoms with E-state index in [4.69, 9.17) is 16.3 Å². The Morgan fingerprint density at radius 2 is 1.76 bits per heavy atom.